The number of carbonyl (C=O) groups is 1. The van der Waals surface area contributed by atoms with Crippen molar-refractivity contribution in [1.29, 1.82) is 0 Å². The summed E-state index contributed by atoms with van der Waals surface area (Å²) >= 11 is 3.38. The molecule has 0 unspecified atom stereocenters. The maximum absolute atomic E-state index is 11.9. The highest BCUT2D eigenvalue weighted by molar-refractivity contribution is 9.10. The van der Waals surface area contributed by atoms with Gasteiger partial charge in [0, 0.05) is 26.1 Å². The summed E-state index contributed by atoms with van der Waals surface area (Å²) in [4.78, 5) is 17.6. The Bertz CT molecular complexity index is 426. The first-order valence-corrected chi connectivity index (χ1v) is 6.26. The third kappa shape index (κ3) is 4.20. The van der Waals surface area contributed by atoms with E-state index < -0.39 is 0 Å². The summed E-state index contributed by atoms with van der Waals surface area (Å²) in [5.41, 5.74) is 0. The molecule has 0 aromatic carbocycles. The van der Waals surface area contributed by atoms with E-state index in [0.29, 0.717) is 12.2 Å². The van der Waals surface area contributed by atoms with Crippen LogP contribution in [0, 0.1) is 12.3 Å². The molecule has 0 aliphatic rings. The smallest absolute Gasteiger partial charge is 0.227 e. The molecule has 0 aliphatic carbocycles. The van der Waals surface area contributed by atoms with Crippen LogP contribution >= 0.6 is 15.9 Å². The van der Waals surface area contributed by atoms with Crippen molar-refractivity contribution in [2.45, 2.75) is 25.7 Å². The molecule has 0 atom stereocenters. The highest BCUT2D eigenvalue weighted by Crippen LogP contribution is 2.22. The Labute approximate surface area is 110 Å². The van der Waals surface area contributed by atoms with Crippen molar-refractivity contribution in [3.8, 4) is 12.3 Å². The average molecular weight is 295 g/mol. The molecule has 1 aromatic heterocycles. The average Bonchev–Trinajstić information content (AvgIpc) is 2.34. The quantitative estimate of drug-likeness (QED) is 0.618. The SMILES string of the molecule is C#CCCCCC(=O)N(C)c1ncccc1Br. The van der Waals surface area contributed by atoms with Crippen molar-refractivity contribution in [1.82, 2.24) is 4.98 Å². The van der Waals surface area contributed by atoms with E-state index in [4.69, 9.17) is 6.42 Å². The lowest BCUT2D eigenvalue weighted by molar-refractivity contribution is -0.118. The number of anilines is 1. The van der Waals surface area contributed by atoms with Gasteiger partial charge < -0.3 is 0 Å². The van der Waals surface area contributed by atoms with Gasteiger partial charge in [-0.05, 0) is 40.9 Å². The van der Waals surface area contributed by atoms with Gasteiger partial charge in [-0.3, -0.25) is 9.69 Å². The van der Waals surface area contributed by atoms with Gasteiger partial charge in [-0.2, -0.15) is 0 Å². The van der Waals surface area contributed by atoms with E-state index >= 15 is 0 Å². The molecule has 0 spiro atoms. The van der Waals surface area contributed by atoms with Gasteiger partial charge in [0.2, 0.25) is 5.91 Å². The lowest BCUT2D eigenvalue weighted by atomic mass is 10.2. The first-order chi connectivity index (χ1) is 8.16. The van der Waals surface area contributed by atoms with Crippen LogP contribution in [0.4, 0.5) is 5.82 Å². The number of hydrogen-bond acceptors (Lipinski definition) is 2. The topological polar surface area (TPSA) is 33.2 Å². The molecule has 0 aliphatic heterocycles. The van der Waals surface area contributed by atoms with E-state index in [9.17, 15) is 4.79 Å². The van der Waals surface area contributed by atoms with E-state index in [2.05, 4.69) is 26.8 Å². The molecule has 1 aromatic rings. The molecule has 1 heterocycles. The van der Waals surface area contributed by atoms with Crippen molar-refractivity contribution in [3.05, 3.63) is 22.8 Å². The van der Waals surface area contributed by atoms with Crippen molar-refractivity contribution in [2.75, 3.05) is 11.9 Å². The fourth-order valence-corrected chi connectivity index (χ4v) is 1.93. The van der Waals surface area contributed by atoms with E-state index in [1.165, 1.54) is 0 Å². The predicted molar refractivity (Wildman–Crippen MR) is 72.6 cm³/mol. The number of nitrogens with zero attached hydrogens (tertiary/aromatic N) is 2. The van der Waals surface area contributed by atoms with Crippen molar-refractivity contribution in [2.24, 2.45) is 0 Å². The third-order valence-electron chi connectivity index (χ3n) is 2.39. The molecule has 0 saturated carbocycles. The zero-order chi connectivity index (χ0) is 12.7. The van der Waals surface area contributed by atoms with E-state index in [-0.39, 0.29) is 5.91 Å². The lowest BCUT2D eigenvalue weighted by Crippen LogP contribution is -2.27. The van der Waals surface area contributed by atoms with Crippen LogP contribution in [0.15, 0.2) is 22.8 Å². The Morgan fingerprint density at radius 2 is 2.35 bits per heavy atom. The lowest BCUT2D eigenvalue weighted by Gasteiger charge is -2.17. The van der Waals surface area contributed by atoms with E-state index in [1.54, 1.807) is 18.1 Å². The van der Waals surface area contributed by atoms with Crippen LogP contribution in [0.5, 0.6) is 0 Å². The Kier molecular flexibility index (Phi) is 5.71. The second-order valence-corrected chi connectivity index (χ2v) is 4.53. The summed E-state index contributed by atoms with van der Waals surface area (Å²) in [6.45, 7) is 0. The molecule has 17 heavy (non-hydrogen) atoms. The van der Waals surface area contributed by atoms with E-state index in [1.807, 2.05) is 12.1 Å². The number of aromatic nitrogens is 1. The normalized spacial score (nSPS) is 9.71. The molecule has 0 bridgehead atoms. The maximum atomic E-state index is 11.9. The number of halogens is 1. The molecule has 1 amide bonds. The minimum absolute atomic E-state index is 0.0569. The number of amides is 1. The zero-order valence-electron chi connectivity index (χ0n) is 9.82. The van der Waals surface area contributed by atoms with Crippen molar-refractivity contribution < 1.29 is 4.79 Å². The molecular weight excluding hydrogens is 280 g/mol. The van der Waals surface area contributed by atoms with Gasteiger partial charge in [-0.1, -0.05) is 0 Å². The summed E-state index contributed by atoms with van der Waals surface area (Å²) in [7, 11) is 1.73. The largest absolute Gasteiger partial charge is 0.299 e. The number of pyridine rings is 1. The van der Waals surface area contributed by atoms with Crippen LogP contribution in [-0.4, -0.2) is 17.9 Å². The first kappa shape index (κ1) is 13.7. The minimum Gasteiger partial charge on any atom is -0.299 e. The molecule has 0 fully saturated rings. The van der Waals surface area contributed by atoms with Gasteiger partial charge in [0.1, 0.15) is 5.82 Å². The van der Waals surface area contributed by atoms with Gasteiger partial charge >= 0.3 is 0 Å². The Balaban J connectivity index is 2.53. The number of hydrogen-bond donors (Lipinski definition) is 0. The Hall–Kier alpha value is -1.34. The number of unbranched alkanes of at least 4 members (excludes halogenated alkanes) is 2. The molecule has 0 radical (unpaired) electrons. The van der Waals surface area contributed by atoms with Gasteiger partial charge in [-0.15, -0.1) is 12.3 Å². The summed E-state index contributed by atoms with van der Waals surface area (Å²) in [5.74, 6) is 3.27. The Morgan fingerprint density at radius 3 is 3.00 bits per heavy atom. The zero-order valence-corrected chi connectivity index (χ0v) is 11.4. The van der Waals surface area contributed by atoms with Crippen LogP contribution in [0.3, 0.4) is 0 Å². The highest BCUT2D eigenvalue weighted by Gasteiger charge is 2.13. The summed E-state index contributed by atoms with van der Waals surface area (Å²) in [6, 6.07) is 3.68. The second-order valence-electron chi connectivity index (χ2n) is 3.67. The fourth-order valence-electron chi connectivity index (χ4n) is 1.41. The summed E-state index contributed by atoms with van der Waals surface area (Å²) < 4.78 is 0.819. The monoisotopic (exact) mass is 294 g/mol. The molecule has 0 N–H and O–H groups in total. The molecule has 0 saturated heterocycles. The summed E-state index contributed by atoms with van der Waals surface area (Å²) in [5, 5.41) is 0. The standard InChI is InChI=1S/C13H15BrN2O/c1-3-4-5-6-9-12(17)16(2)13-11(14)8-7-10-15-13/h1,7-8,10H,4-6,9H2,2H3. The molecule has 90 valence electrons. The van der Waals surface area contributed by atoms with Crippen molar-refractivity contribution in [3.63, 3.8) is 0 Å². The van der Waals surface area contributed by atoms with Gasteiger partial charge in [0.05, 0.1) is 4.47 Å². The Morgan fingerprint density at radius 1 is 1.59 bits per heavy atom. The fraction of sp³-hybridized carbons (Fsp3) is 0.385. The number of rotatable bonds is 5. The first-order valence-electron chi connectivity index (χ1n) is 5.47. The van der Waals surface area contributed by atoms with Gasteiger partial charge in [0.25, 0.3) is 0 Å². The third-order valence-corrected chi connectivity index (χ3v) is 3.01. The maximum Gasteiger partial charge on any atom is 0.227 e. The molecule has 1 rings (SSSR count). The van der Waals surface area contributed by atoms with E-state index in [0.717, 1.165) is 23.7 Å². The highest BCUT2D eigenvalue weighted by atomic mass is 79.9. The summed E-state index contributed by atoms with van der Waals surface area (Å²) in [6.07, 6.45) is 9.76. The minimum atomic E-state index is 0.0569. The van der Waals surface area contributed by atoms with Crippen molar-refractivity contribution >= 4 is 27.7 Å². The molecule has 3 nitrogen and oxygen atoms in total. The second kappa shape index (κ2) is 7.08. The van der Waals surface area contributed by atoms with Crippen LogP contribution in [0.2, 0.25) is 0 Å². The van der Waals surface area contributed by atoms with Crippen LogP contribution in [-0.2, 0) is 4.79 Å². The van der Waals surface area contributed by atoms with Crippen LogP contribution in [0.25, 0.3) is 0 Å². The predicted octanol–water partition coefficient (Wildman–Crippen LogP) is 3.00. The number of terminal acetylenes is 1. The van der Waals surface area contributed by atoms with Crippen LogP contribution < -0.4 is 4.90 Å². The molecular formula is C13H15BrN2O. The molecule has 4 heteroatoms. The van der Waals surface area contributed by atoms with Crippen LogP contribution in [0.1, 0.15) is 25.7 Å². The van der Waals surface area contributed by atoms with Gasteiger partial charge in [0.15, 0.2) is 0 Å². The number of carbonyl (C=O) groups excluding carboxylic acids is 1. The van der Waals surface area contributed by atoms with Gasteiger partial charge in [-0.25, -0.2) is 4.98 Å².